The molecule has 0 saturated heterocycles. The van der Waals surface area contributed by atoms with Gasteiger partial charge in [0.25, 0.3) is 0 Å². The highest BCUT2D eigenvalue weighted by Crippen LogP contribution is 2.31. The van der Waals surface area contributed by atoms with Crippen molar-refractivity contribution in [3.05, 3.63) is 23.8 Å². The maximum atomic E-state index is 11.1. The van der Waals surface area contributed by atoms with Crippen LogP contribution in [0.15, 0.2) is 18.2 Å². The van der Waals surface area contributed by atoms with E-state index in [1.807, 2.05) is 6.92 Å². The number of ether oxygens (including phenoxy) is 1. The van der Waals surface area contributed by atoms with Crippen LogP contribution in [-0.4, -0.2) is 29.8 Å². The summed E-state index contributed by atoms with van der Waals surface area (Å²) in [6, 6.07) is 5.14. The second kappa shape index (κ2) is 5.27. The lowest BCUT2D eigenvalue weighted by atomic mass is 9.88. The van der Waals surface area contributed by atoms with E-state index in [0.717, 1.165) is 12.8 Å². The first-order chi connectivity index (χ1) is 8.61. The minimum Gasteiger partial charge on any atom is -0.478 e. The van der Waals surface area contributed by atoms with E-state index in [-0.39, 0.29) is 17.7 Å². The zero-order chi connectivity index (χ0) is 13.1. The molecule has 0 heterocycles. The van der Waals surface area contributed by atoms with Gasteiger partial charge in [-0.05, 0) is 31.9 Å². The van der Waals surface area contributed by atoms with E-state index in [9.17, 15) is 4.79 Å². The van der Waals surface area contributed by atoms with E-state index in [1.54, 1.807) is 18.2 Å². The summed E-state index contributed by atoms with van der Waals surface area (Å²) in [4.78, 5) is 11.1. The van der Waals surface area contributed by atoms with E-state index in [2.05, 4.69) is 5.32 Å². The molecule has 1 fully saturated rings. The number of para-hydroxylation sites is 1. The third-order valence-electron chi connectivity index (χ3n) is 3.17. The molecule has 1 saturated carbocycles. The van der Waals surface area contributed by atoms with Gasteiger partial charge in [0.15, 0.2) is 0 Å². The number of benzene rings is 1. The molecule has 1 aliphatic carbocycles. The van der Waals surface area contributed by atoms with Gasteiger partial charge in [0.2, 0.25) is 0 Å². The molecular weight excluding hydrogens is 232 g/mol. The molecule has 0 unspecified atom stereocenters. The molecule has 0 aromatic heterocycles. The number of hydrogen-bond acceptors (Lipinski definition) is 4. The van der Waals surface area contributed by atoms with Gasteiger partial charge < -0.3 is 20.9 Å². The van der Waals surface area contributed by atoms with Gasteiger partial charge in [0.1, 0.15) is 0 Å². The summed E-state index contributed by atoms with van der Waals surface area (Å²) in [6.45, 7) is 2.68. The van der Waals surface area contributed by atoms with Crippen LogP contribution in [0.2, 0.25) is 0 Å². The van der Waals surface area contributed by atoms with Gasteiger partial charge in [-0.25, -0.2) is 4.79 Å². The van der Waals surface area contributed by atoms with Gasteiger partial charge in [0.05, 0.1) is 23.0 Å². The zero-order valence-electron chi connectivity index (χ0n) is 10.3. The van der Waals surface area contributed by atoms with Gasteiger partial charge in [-0.2, -0.15) is 0 Å². The van der Waals surface area contributed by atoms with Gasteiger partial charge in [-0.15, -0.1) is 0 Å². The Balaban J connectivity index is 2.04. The van der Waals surface area contributed by atoms with Crippen molar-refractivity contribution in [3.63, 3.8) is 0 Å². The zero-order valence-corrected chi connectivity index (χ0v) is 10.3. The summed E-state index contributed by atoms with van der Waals surface area (Å²) in [7, 11) is 0. The van der Waals surface area contributed by atoms with Crippen LogP contribution >= 0.6 is 0 Å². The van der Waals surface area contributed by atoms with Gasteiger partial charge >= 0.3 is 5.97 Å². The number of carbonyl (C=O) groups is 1. The Kier molecular flexibility index (Phi) is 3.72. The van der Waals surface area contributed by atoms with Crippen molar-refractivity contribution < 1.29 is 14.6 Å². The van der Waals surface area contributed by atoms with Crippen molar-refractivity contribution in [2.75, 3.05) is 17.7 Å². The third kappa shape index (κ3) is 2.56. The van der Waals surface area contributed by atoms with Crippen LogP contribution in [0.1, 0.15) is 30.1 Å². The molecule has 1 aromatic carbocycles. The molecule has 2 rings (SSSR count). The van der Waals surface area contributed by atoms with Crippen LogP contribution in [0.4, 0.5) is 11.4 Å². The van der Waals surface area contributed by atoms with E-state index in [1.165, 1.54) is 0 Å². The number of carboxylic acid groups (broad SMARTS) is 1. The van der Waals surface area contributed by atoms with Gasteiger partial charge in [-0.1, -0.05) is 6.07 Å². The van der Waals surface area contributed by atoms with Crippen LogP contribution in [0, 0.1) is 0 Å². The normalized spacial score (nSPS) is 22.3. The molecule has 0 aliphatic heterocycles. The number of aromatic carboxylic acids is 1. The molecular formula is C13H18N2O3. The largest absolute Gasteiger partial charge is 0.478 e. The average Bonchev–Trinajstić information content (AvgIpc) is 2.28. The van der Waals surface area contributed by atoms with Gasteiger partial charge in [0, 0.05) is 12.6 Å². The Hall–Kier alpha value is -1.75. The van der Waals surface area contributed by atoms with Crippen molar-refractivity contribution in [3.8, 4) is 0 Å². The lowest BCUT2D eigenvalue weighted by molar-refractivity contribution is 0.00299. The molecule has 0 radical (unpaired) electrons. The number of nitrogen functional groups attached to an aromatic ring is 1. The topological polar surface area (TPSA) is 84.6 Å². The van der Waals surface area contributed by atoms with Crippen molar-refractivity contribution in [1.29, 1.82) is 0 Å². The summed E-state index contributed by atoms with van der Waals surface area (Å²) in [5, 5.41) is 12.3. The molecule has 4 N–H and O–H groups in total. The summed E-state index contributed by atoms with van der Waals surface area (Å²) in [6.07, 6.45) is 2.06. The first-order valence-corrected chi connectivity index (χ1v) is 6.11. The molecule has 0 bridgehead atoms. The summed E-state index contributed by atoms with van der Waals surface area (Å²) >= 11 is 0. The van der Waals surface area contributed by atoms with E-state index < -0.39 is 5.97 Å². The Morgan fingerprint density at radius 1 is 1.56 bits per heavy atom. The van der Waals surface area contributed by atoms with Crippen molar-refractivity contribution in [1.82, 2.24) is 0 Å². The number of anilines is 2. The van der Waals surface area contributed by atoms with E-state index in [0.29, 0.717) is 18.0 Å². The molecule has 0 spiro atoms. The molecule has 98 valence electrons. The third-order valence-corrected chi connectivity index (χ3v) is 3.17. The SMILES string of the molecule is CCOC1CC(Nc2c(N)cccc2C(=O)O)C1. The van der Waals surface area contributed by atoms with Crippen LogP contribution in [-0.2, 0) is 4.74 Å². The molecule has 1 aromatic rings. The average molecular weight is 250 g/mol. The minimum atomic E-state index is -0.967. The van der Waals surface area contributed by atoms with E-state index in [4.69, 9.17) is 15.6 Å². The Bertz CT molecular complexity index is 442. The highest BCUT2D eigenvalue weighted by Gasteiger charge is 2.30. The van der Waals surface area contributed by atoms with Crippen LogP contribution in [0.3, 0.4) is 0 Å². The highest BCUT2D eigenvalue weighted by molar-refractivity contribution is 5.97. The number of nitrogens with one attached hydrogen (secondary N) is 1. The van der Waals surface area contributed by atoms with Crippen LogP contribution in [0.5, 0.6) is 0 Å². The number of carboxylic acids is 1. The molecule has 0 atom stereocenters. The maximum Gasteiger partial charge on any atom is 0.337 e. The van der Waals surface area contributed by atoms with Crippen LogP contribution < -0.4 is 11.1 Å². The molecule has 0 amide bonds. The Labute approximate surface area is 106 Å². The summed E-state index contributed by atoms with van der Waals surface area (Å²) < 4.78 is 5.47. The molecule has 18 heavy (non-hydrogen) atoms. The fraction of sp³-hybridized carbons (Fsp3) is 0.462. The Morgan fingerprint density at radius 2 is 2.28 bits per heavy atom. The smallest absolute Gasteiger partial charge is 0.337 e. The summed E-state index contributed by atoms with van der Waals surface area (Å²) in [5.41, 5.74) is 7.03. The predicted molar refractivity (Wildman–Crippen MR) is 69.9 cm³/mol. The number of nitrogens with two attached hydrogens (primary N) is 1. The van der Waals surface area contributed by atoms with E-state index >= 15 is 0 Å². The summed E-state index contributed by atoms with van der Waals surface area (Å²) in [5.74, 6) is -0.967. The number of rotatable bonds is 5. The second-order valence-corrected chi connectivity index (χ2v) is 4.46. The first-order valence-electron chi connectivity index (χ1n) is 6.11. The minimum absolute atomic E-state index is 0.217. The van der Waals surface area contributed by atoms with Gasteiger partial charge in [-0.3, -0.25) is 0 Å². The highest BCUT2D eigenvalue weighted by atomic mass is 16.5. The standard InChI is InChI=1S/C13H18N2O3/c1-2-18-9-6-8(7-9)15-12-10(13(16)17)4-3-5-11(12)14/h3-5,8-9,15H,2,6-7,14H2,1H3,(H,16,17). The monoisotopic (exact) mass is 250 g/mol. The second-order valence-electron chi connectivity index (χ2n) is 4.46. The molecule has 1 aliphatic rings. The fourth-order valence-corrected chi connectivity index (χ4v) is 2.17. The first kappa shape index (κ1) is 12.7. The fourth-order valence-electron chi connectivity index (χ4n) is 2.17. The quantitative estimate of drug-likeness (QED) is 0.695. The molecule has 5 nitrogen and oxygen atoms in total. The lowest BCUT2D eigenvalue weighted by Gasteiger charge is -2.36. The predicted octanol–water partition coefficient (Wildman–Crippen LogP) is 1.95. The number of hydrogen-bond donors (Lipinski definition) is 3. The van der Waals surface area contributed by atoms with Crippen molar-refractivity contribution >= 4 is 17.3 Å². The van der Waals surface area contributed by atoms with Crippen LogP contribution in [0.25, 0.3) is 0 Å². The molecule has 5 heteroatoms. The maximum absolute atomic E-state index is 11.1. The lowest BCUT2D eigenvalue weighted by Crippen LogP contribution is -2.41. The Morgan fingerprint density at radius 3 is 2.89 bits per heavy atom. The van der Waals surface area contributed by atoms with Crippen molar-refractivity contribution in [2.24, 2.45) is 0 Å². The van der Waals surface area contributed by atoms with Crippen molar-refractivity contribution in [2.45, 2.75) is 31.9 Å².